The topological polar surface area (TPSA) is 39.7 Å². The lowest BCUT2D eigenvalue weighted by atomic mass is 10.2. The molecule has 0 aromatic heterocycles. The standard InChI is InChI=1S/C15H24N4/c1-13(11-18-15-16-9-6-10-17-15)19(2)12-14-7-4-3-5-8-14/h3-5,7-8,13H,6,9-12H2,1-2H3,(H2,16,17,18). The molecule has 0 amide bonds. The van der Waals surface area contributed by atoms with E-state index >= 15 is 0 Å². The van der Waals surface area contributed by atoms with E-state index in [-0.39, 0.29) is 0 Å². The SMILES string of the molecule is CC(CNC1=NCCCN1)N(C)Cc1ccccc1. The smallest absolute Gasteiger partial charge is 0.191 e. The van der Waals surface area contributed by atoms with Crippen LogP contribution < -0.4 is 10.6 Å². The van der Waals surface area contributed by atoms with Crippen molar-refractivity contribution in [1.29, 1.82) is 0 Å². The maximum Gasteiger partial charge on any atom is 0.191 e. The van der Waals surface area contributed by atoms with Crippen molar-refractivity contribution >= 4 is 5.96 Å². The van der Waals surface area contributed by atoms with E-state index < -0.39 is 0 Å². The number of nitrogens with one attached hydrogen (secondary N) is 2. The number of benzene rings is 1. The van der Waals surface area contributed by atoms with Gasteiger partial charge < -0.3 is 10.6 Å². The lowest BCUT2D eigenvalue weighted by Crippen LogP contribution is -2.46. The number of guanidine groups is 1. The summed E-state index contributed by atoms with van der Waals surface area (Å²) in [5, 5.41) is 6.67. The van der Waals surface area contributed by atoms with Gasteiger partial charge in [0, 0.05) is 32.2 Å². The number of hydrogen-bond acceptors (Lipinski definition) is 4. The molecule has 4 nitrogen and oxygen atoms in total. The highest BCUT2D eigenvalue weighted by atomic mass is 15.2. The molecule has 0 aliphatic carbocycles. The summed E-state index contributed by atoms with van der Waals surface area (Å²) in [4.78, 5) is 6.77. The molecule has 2 N–H and O–H groups in total. The molecule has 1 aromatic carbocycles. The van der Waals surface area contributed by atoms with Crippen LogP contribution in [0.5, 0.6) is 0 Å². The van der Waals surface area contributed by atoms with Gasteiger partial charge in [-0.2, -0.15) is 0 Å². The first-order chi connectivity index (χ1) is 9.25. The first-order valence-corrected chi connectivity index (χ1v) is 7.02. The summed E-state index contributed by atoms with van der Waals surface area (Å²) >= 11 is 0. The van der Waals surface area contributed by atoms with Gasteiger partial charge in [-0.25, -0.2) is 0 Å². The first kappa shape index (κ1) is 13.9. The van der Waals surface area contributed by atoms with Gasteiger partial charge in [-0.15, -0.1) is 0 Å². The Bertz CT molecular complexity index is 402. The van der Waals surface area contributed by atoms with Crippen LogP contribution in [0.25, 0.3) is 0 Å². The molecule has 4 heteroatoms. The van der Waals surface area contributed by atoms with Crippen LogP contribution in [0.4, 0.5) is 0 Å². The van der Waals surface area contributed by atoms with Crippen molar-refractivity contribution in [2.45, 2.75) is 25.9 Å². The summed E-state index contributed by atoms with van der Waals surface area (Å²) in [7, 11) is 2.16. The van der Waals surface area contributed by atoms with Crippen LogP contribution in [0.2, 0.25) is 0 Å². The van der Waals surface area contributed by atoms with Crippen LogP contribution in [0.15, 0.2) is 35.3 Å². The molecule has 0 saturated heterocycles. The van der Waals surface area contributed by atoms with Gasteiger partial charge in [0.05, 0.1) is 0 Å². The fourth-order valence-electron chi connectivity index (χ4n) is 2.08. The van der Waals surface area contributed by atoms with Gasteiger partial charge in [0.1, 0.15) is 0 Å². The molecule has 0 fully saturated rings. The average molecular weight is 260 g/mol. The molecule has 1 heterocycles. The van der Waals surface area contributed by atoms with E-state index in [1.807, 2.05) is 0 Å². The Hall–Kier alpha value is -1.55. The fourth-order valence-corrected chi connectivity index (χ4v) is 2.08. The Balaban J connectivity index is 1.76. The molecule has 0 radical (unpaired) electrons. The van der Waals surface area contributed by atoms with E-state index in [0.29, 0.717) is 6.04 Å². The van der Waals surface area contributed by atoms with E-state index in [1.165, 1.54) is 5.56 Å². The fraction of sp³-hybridized carbons (Fsp3) is 0.533. The van der Waals surface area contributed by atoms with Crippen LogP contribution in [0.1, 0.15) is 18.9 Å². The minimum atomic E-state index is 0.464. The number of rotatable bonds is 5. The summed E-state index contributed by atoms with van der Waals surface area (Å²) in [6, 6.07) is 11.0. The minimum absolute atomic E-state index is 0.464. The van der Waals surface area contributed by atoms with Gasteiger partial charge in [-0.3, -0.25) is 9.89 Å². The number of aliphatic imine (C=N–C) groups is 1. The highest BCUT2D eigenvalue weighted by molar-refractivity contribution is 5.80. The van der Waals surface area contributed by atoms with Gasteiger partial charge in [-0.05, 0) is 26.0 Å². The molecular weight excluding hydrogens is 236 g/mol. The summed E-state index contributed by atoms with van der Waals surface area (Å²) in [6.07, 6.45) is 1.13. The lowest BCUT2D eigenvalue weighted by molar-refractivity contribution is 0.249. The molecule has 1 aliphatic heterocycles. The monoisotopic (exact) mass is 260 g/mol. The van der Waals surface area contributed by atoms with E-state index in [1.54, 1.807) is 0 Å². The predicted octanol–water partition coefficient (Wildman–Crippen LogP) is 1.45. The van der Waals surface area contributed by atoms with Crippen molar-refractivity contribution in [3.8, 4) is 0 Å². The van der Waals surface area contributed by atoms with Gasteiger partial charge in [0.15, 0.2) is 5.96 Å². The zero-order valence-electron chi connectivity index (χ0n) is 11.9. The van der Waals surface area contributed by atoms with Gasteiger partial charge in [-0.1, -0.05) is 30.3 Å². The molecule has 1 atom stereocenters. The molecule has 1 unspecified atom stereocenters. The Morgan fingerprint density at radius 3 is 2.84 bits per heavy atom. The molecule has 0 bridgehead atoms. The van der Waals surface area contributed by atoms with Crippen LogP contribution in [0, 0.1) is 0 Å². The minimum Gasteiger partial charge on any atom is -0.356 e. The average Bonchev–Trinajstić information content (AvgIpc) is 2.47. The Kier molecular flexibility index (Phi) is 5.21. The van der Waals surface area contributed by atoms with Crippen molar-refractivity contribution < 1.29 is 0 Å². The van der Waals surface area contributed by atoms with Gasteiger partial charge in [0.2, 0.25) is 0 Å². The van der Waals surface area contributed by atoms with Crippen LogP contribution in [-0.4, -0.2) is 43.6 Å². The molecule has 1 aliphatic rings. The maximum absolute atomic E-state index is 4.42. The number of likely N-dealkylation sites (N-methyl/N-ethyl adjacent to an activating group) is 1. The quantitative estimate of drug-likeness (QED) is 0.841. The van der Waals surface area contributed by atoms with Crippen molar-refractivity contribution in [3.05, 3.63) is 35.9 Å². The molecule has 104 valence electrons. The summed E-state index contributed by atoms with van der Waals surface area (Å²) in [6.45, 7) is 6.09. The molecule has 0 spiro atoms. The largest absolute Gasteiger partial charge is 0.356 e. The highest BCUT2D eigenvalue weighted by Gasteiger charge is 2.11. The van der Waals surface area contributed by atoms with Gasteiger partial charge >= 0.3 is 0 Å². The third kappa shape index (κ3) is 4.56. The second kappa shape index (κ2) is 7.14. The van der Waals surface area contributed by atoms with E-state index in [9.17, 15) is 0 Å². The Morgan fingerprint density at radius 1 is 1.37 bits per heavy atom. The van der Waals surface area contributed by atoms with Crippen molar-refractivity contribution in [2.75, 3.05) is 26.7 Å². The Labute approximate surface area is 115 Å². The molecule has 2 rings (SSSR count). The van der Waals surface area contributed by atoms with E-state index in [0.717, 1.165) is 38.6 Å². The third-order valence-electron chi connectivity index (χ3n) is 3.49. The van der Waals surface area contributed by atoms with E-state index in [4.69, 9.17) is 0 Å². The Morgan fingerprint density at radius 2 is 2.16 bits per heavy atom. The highest BCUT2D eigenvalue weighted by Crippen LogP contribution is 2.05. The molecule has 1 aromatic rings. The van der Waals surface area contributed by atoms with Crippen molar-refractivity contribution in [3.63, 3.8) is 0 Å². The lowest BCUT2D eigenvalue weighted by Gasteiger charge is -2.26. The second-order valence-electron chi connectivity index (χ2n) is 5.14. The van der Waals surface area contributed by atoms with Crippen LogP contribution >= 0.6 is 0 Å². The van der Waals surface area contributed by atoms with E-state index in [2.05, 4.69) is 64.8 Å². The summed E-state index contributed by atoms with van der Waals surface area (Å²) < 4.78 is 0. The third-order valence-corrected chi connectivity index (χ3v) is 3.49. The normalized spacial score (nSPS) is 16.7. The van der Waals surface area contributed by atoms with Gasteiger partial charge in [0.25, 0.3) is 0 Å². The van der Waals surface area contributed by atoms with Crippen LogP contribution in [0.3, 0.4) is 0 Å². The molecule has 0 saturated carbocycles. The first-order valence-electron chi connectivity index (χ1n) is 7.02. The predicted molar refractivity (Wildman–Crippen MR) is 80.3 cm³/mol. The van der Waals surface area contributed by atoms with Crippen molar-refractivity contribution in [1.82, 2.24) is 15.5 Å². The van der Waals surface area contributed by atoms with Crippen molar-refractivity contribution in [2.24, 2.45) is 4.99 Å². The molecule has 19 heavy (non-hydrogen) atoms. The zero-order valence-corrected chi connectivity index (χ0v) is 11.9. The zero-order chi connectivity index (χ0) is 13.5. The molecular formula is C15H24N4. The number of hydrogen-bond donors (Lipinski definition) is 2. The second-order valence-corrected chi connectivity index (χ2v) is 5.14. The summed E-state index contributed by atoms with van der Waals surface area (Å²) in [5.74, 6) is 0.950. The number of nitrogens with zero attached hydrogens (tertiary/aromatic N) is 2. The maximum atomic E-state index is 4.42. The summed E-state index contributed by atoms with van der Waals surface area (Å²) in [5.41, 5.74) is 1.35. The van der Waals surface area contributed by atoms with Crippen LogP contribution in [-0.2, 0) is 6.54 Å².